The van der Waals surface area contributed by atoms with E-state index in [9.17, 15) is 0 Å². The minimum Gasteiger partial charge on any atom is -0.0839 e. The van der Waals surface area contributed by atoms with E-state index in [4.69, 9.17) is 0 Å². The highest BCUT2D eigenvalue weighted by Crippen LogP contribution is 2.41. The van der Waals surface area contributed by atoms with Crippen molar-refractivity contribution in [3.63, 3.8) is 0 Å². The summed E-state index contributed by atoms with van der Waals surface area (Å²) in [6, 6.07) is 2.25. The summed E-state index contributed by atoms with van der Waals surface area (Å²) in [6.45, 7) is 4.43. The molecule has 0 aliphatic heterocycles. The lowest BCUT2D eigenvalue weighted by molar-refractivity contribution is 0.673. The maximum atomic E-state index is 3.79. The van der Waals surface area contributed by atoms with Crippen molar-refractivity contribution in [1.29, 1.82) is 0 Å². The largest absolute Gasteiger partial charge is 0.0839 e. The fourth-order valence-electron chi connectivity index (χ4n) is 2.31. The molecule has 14 heavy (non-hydrogen) atoms. The van der Waals surface area contributed by atoms with Crippen LogP contribution in [0.5, 0.6) is 0 Å². The van der Waals surface area contributed by atoms with Gasteiger partial charge < -0.3 is 0 Å². The second-order valence-corrected chi connectivity index (χ2v) is 6.01. The molecule has 0 fully saturated rings. The molecule has 1 atom stereocenters. The van der Waals surface area contributed by atoms with E-state index in [0.717, 1.165) is 0 Å². The normalized spacial score (nSPS) is 20.7. The van der Waals surface area contributed by atoms with E-state index in [1.54, 1.807) is 5.56 Å². The minimum absolute atomic E-state index is 0.558. The van der Waals surface area contributed by atoms with Crippen LogP contribution in [0, 0.1) is 13.8 Å². The number of fused-ring (bicyclic) bond motifs is 1. The molecule has 76 valence electrons. The van der Waals surface area contributed by atoms with Crippen molar-refractivity contribution in [1.82, 2.24) is 0 Å². The van der Waals surface area contributed by atoms with Gasteiger partial charge in [-0.2, -0.15) is 0 Å². The fraction of sp³-hybridized carbons (Fsp3) is 0.500. The van der Waals surface area contributed by atoms with Gasteiger partial charge in [-0.1, -0.05) is 31.9 Å². The lowest BCUT2D eigenvalue weighted by Crippen LogP contribution is -2.09. The molecule has 1 aliphatic rings. The first kappa shape index (κ1) is 10.7. The van der Waals surface area contributed by atoms with Crippen molar-refractivity contribution in [3.8, 4) is 0 Å². The summed E-state index contributed by atoms with van der Waals surface area (Å²) in [5.74, 6) is 0. The van der Waals surface area contributed by atoms with E-state index >= 15 is 0 Å². The van der Waals surface area contributed by atoms with Gasteiger partial charge in [0.05, 0.1) is 0 Å². The van der Waals surface area contributed by atoms with Gasteiger partial charge in [-0.25, -0.2) is 0 Å². The molecule has 0 spiro atoms. The highest BCUT2D eigenvalue weighted by Gasteiger charge is 2.22. The Balaban J connectivity index is 2.67. The molecule has 1 unspecified atom stereocenters. The Morgan fingerprint density at radius 2 is 2.07 bits per heavy atom. The minimum atomic E-state index is 0.558. The van der Waals surface area contributed by atoms with Crippen LogP contribution >= 0.6 is 31.9 Å². The quantitative estimate of drug-likeness (QED) is 0.601. The summed E-state index contributed by atoms with van der Waals surface area (Å²) in [5.41, 5.74) is 5.94. The van der Waals surface area contributed by atoms with E-state index in [-0.39, 0.29) is 0 Å². The number of benzene rings is 1. The molecule has 0 radical (unpaired) electrons. The van der Waals surface area contributed by atoms with E-state index in [1.165, 1.54) is 40.4 Å². The Morgan fingerprint density at radius 3 is 2.79 bits per heavy atom. The number of alkyl halides is 1. The first-order valence-electron chi connectivity index (χ1n) is 5.04. The monoisotopic (exact) mass is 316 g/mol. The van der Waals surface area contributed by atoms with E-state index < -0.39 is 0 Å². The Labute approximate surface area is 102 Å². The van der Waals surface area contributed by atoms with Crippen molar-refractivity contribution in [2.45, 2.75) is 37.9 Å². The van der Waals surface area contributed by atoms with Crippen LogP contribution in [0.1, 0.15) is 39.9 Å². The van der Waals surface area contributed by atoms with Gasteiger partial charge in [0, 0.05) is 9.30 Å². The Morgan fingerprint density at radius 1 is 1.36 bits per heavy atom. The second-order valence-electron chi connectivity index (χ2n) is 4.05. The number of hydrogen-bond acceptors (Lipinski definition) is 0. The third-order valence-electron chi connectivity index (χ3n) is 3.10. The molecule has 0 heterocycles. The van der Waals surface area contributed by atoms with Gasteiger partial charge in [0.1, 0.15) is 0 Å². The van der Waals surface area contributed by atoms with E-state index in [0.29, 0.717) is 4.83 Å². The average Bonchev–Trinajstić information content (AvgIpc) is 2.14. The molecule has 2 heteroatoms. The third kappa shape index (κ3) is 1.67. The molecule has 0 aromatic heterocycles. The van der Waals surface area contributed by atoms with Gasteiger partial charge in [-0.15, -0.1) is 0 Å². The standard InChI is InChI=1S/C12H14Br2/c1-7-6-11(14)8(2)12-9(7)4-3-5-10(12)13/h6,10H,3-5H2,1-2H3. The molecule has 2 rings (SSSR count). The number of halogens is 2. The van der Waals surface area contributed by atoms with Crippen LogP contribution in [0.3, 0.4) is 0 Å². The Hall–Kier alpha value is 0.180. The highest BCUT2D eigenvalue weighted by molar-refractivity contribution is 9.10. The smallest absolute Gasteiger partial charge is 0.0401 e. The molecular weight excluding hydrogens is 304 g/mol. The molecule has 0 saturated carbocycles. The predicted octanol–water partition coefficient (Wildman–Crippen LogP) is 4.84. The molecule has 0 nitrogen and oxygen atoms in total. The third-order valence-corrected chi connectivity index (χ3v) is 4.84. The summed E-state index contributed by atoms with van der Waals surface area (Å²) in [6.07, 6.45) is 3.83. The summed E-state index contributed by atoms with van der Waals surface area (Å²) < 4.78 is 1.25. The van der Waals surface area contributed by atoms with Crippen molar-refractivity contribution in [2.24, 2.45) is 0 Å². The van der Waals surface area contributed by atoms with Crippen molar-refractivity contribution < 1.29 is 0 Å². The molecule has 0 bridgehead atoms. The van der Waals surface area contributed by atoms with Crippen LogP contribution < -0.4 is 0 Å². The number of rotatable bonds is 0. The van der Waals surface area contributed by atoms with Crippen LogP contribution in [0.2, 0.25) is 0 Å². The SMILES string of the molecule is Cc1cc(Br)c(C)c2c1CCCC2Br. The van der Waals surface area contributed by atoms with Gasteiger partial charge in [-0.05, 0) is 61.4 Å². The Bertz CT molecular complexity index is 369. The first-order chi connectivity index (χ1) is 6.61. The predicted molar refractivity (Wildman–Crippen MR) is 68.2 cm³/mol. The fourth-order valence-corrected chi connectivity index (χ4v) is 3.81. The molecule has 1 aromatic rings. The maximum absolute atomic E-state index is 3.79. The van der Waals surface area contributed by atoms with Crippen LogP contribution in [-0.4, -0.2) is 0 Å². The molecule has 0 saturated heterocycles. The maximum Gasteiger partial charge on any atom is 0.0401 e. The van der Waals surface area contributed by atoms with Crippen LogP contribution in [-0.2, 0) is 6.42 Å². The zero-order valence-corrected chi connectivity index (χ0v) is 11.7. The van der Waals surface area contributed by atoms with E-state index in [2.05, 4.69) is 51.8 Å². The number of aryl methyl sites for hydroxylation is 1. The van der Waals surface area contributed by atoms with Gasteiger partial charge in [0.2, 0.25) is 0 Å². The zero-order chi connectivity index (χ0) is 10.3. The summed E-state index contributed by atoms with van der Waals surface area (Å²) in [7, 11) is 0. The molecule has 1 aromatic carbocycles. The highest BCUT2D eigenvalue weighted by atomic mass is 79.9. The molecular formula is C12H14Br2. The van der Waals surface area contributed by atoms with Gasteiger partial charge >= 0.3 is 0 Å². The molecule has 1 aliphatic carbocycles. The van der Waals surface area contributed by atoms with Crippen LogP contribution in [0.25, 0.3) is 0 Å². The number of hydrogen-bond donors (Lipinski definition) is 0. The average molecular weight is 318 g/mol. The summed E-state index contributed by atoms with van der Waals surface area (Å²) in [5, 5.41) is 0. The van der Waals surface area contributed by atoms with Crippen LogP contribution in [0.4, 0.5) is 0 Å². The van der Waals surface area contributed by atoms with Crippen LogP contribution in [0.15, 0.2) is 10.5 Å². The van der Waals surface area contributed by atoms with Crippen molar-refractivity contribution >= 4 is 31.9 Å². The lowest BCUT2D eigenvalue weighted by Gasteiger charge is -2.25. The van der Waals surface area contributed by atoms with Gasteiger partial charge in [0.25, 0.3) is 0 Å². The summed E-state index contributed by atoms with van der Waals surface area (Å²) in [4.78, 5) is 0.558. The molecule has 0 amide bonds. The first-order valence-corrected chi connectivity index (χ1v) is 6.74. The Kier molecular flexibility index (Phi) is 3.03. The second kappa shape index (κ2) is 3.97. The van der Waals surface area contributed by atoms with E-state index in [1.807, 2.05) is 0 Å². The van der Waals surface area contributed by atoms with Gasteiger partial charge in [-0.3, -0.25) is 0 Å². The molecule has 0 N–H and O–H groups in total. The zero-order valence-electron chi connectivity index (χ0n) is 8.53. The van der Waals surface area contributed by atoms with Crippen molar-refractivity contribution in [3.05, 3.63) is 32.8 Å². The van der Waals surface area contributed by atoms with Crippen molar-refractivity contribution in [2.75, 3.05) is 0 Å². The summed E-state index contributed by atoms with van der Waals surface area (Å²) >= 11 is 7.42. The van der Waals surface area contributed by atoms with Gasteiger partial charge in [0.15, 0.2) is 0 Å². The topological polar surface area (TPSA) is 0 Å². The lowest BCUT2D eigenvalue weighted by atomic mass is 9.86.